The molecule has 0 aromatic carbocycles. The number of rotatable bonds is 1. The Balaban J connectivity index is 1.49. The Labute approximate surface area is 210 Å². The smallest absolute Gasteiger partial charge is 0.302 e. The summed E-state index contributed by atoms with van der Waals surface area (Å²) in [4.78, 5) is 11.8. The van der Waals surface area contributed by atoms with Crippen molar-refractivity contribution < 1.29 is 9.53 Å². The molecule has 0 amide bonds. The normalized spacial score (nSPS) is 56.3. The van der Waals surface area contributed by atoms with E-state index in [9.17, 15) is 4.79 Å². The van der Waals surface area contributed by atoms with E-state index in [0.717, 1.165) is 24.2 Å². The lowest BCUT2D eigenvalue weighted by molar-refractivity contribution is -0.263. The SMILES string of the molecule is CC(=O)O[C@H]1CCC2C3(C)CCC4(C)[C@@H]5CC(C)(C)CC[C@]5(C)CC[C@]4(C)C3CC[C@]2(C)[C@H]1C. The van der Waals surface area contributed by atoms with E-state index in [1.165, 1.54) is 64.2 Å². The monoisotopic (exact) mass is 470 g/mol. The van der Waals surface area contributed by atoms with Crippen LogP contribution in [0.2, 0.25) is 0 Å². The Morgan fingerprint density at radius 1 is 0.676 bits per heavy atom. The fraction of sp³-hybridized carbons (Fsp3) is 0.969. The first-order valence-electron chi connectivity index (χ1n) is 14.8. The highest BCUT2D eigenvalue weighted by Gasteiger charge is 2.70. The molecule has 2 heteroatoms. The Morgan fingerprint density at radius 3 is 1.97 bits per heavy atom. The van der Waals surface area contributed by atoms with Gasteiger partial charge in [-0.3, -0.25) is 4.79 Å². The van der Waals surface area contributed by atoms with E-state index >= 15 is 0 Å². The number of hydrogen-bond donors (Lipinski definition) is 0. The van der Waals surface area contributed by atoms with Crippen LogP contribution >= 0.6 is 0 Å². The van der Waals surface area contributed by atoms with Crippen molar-refractivity contribution in [2.75, 3.05) is 0 Å². The van der Waals surface area contributed by atoms with Gasteiger partial charge in [-0.2, -0.15) is 0 Å². The van der Waals surface area contributed by atoms with Crippen LogP contribution in [0.3, 0.4) is 0 Å². The molecule has 0 aromatic rings. The summed E-state index contributed by atoms with van der Waals surface area (Å²) in [5, 5.41) is 0. The van der Waals surface area contributed by atoms with Crippen LogP contribution in [0.1, 0.15) is 133 Å². The molecule has 0 heterocycles. The van der Waals surface area contributed by atoms with Crippen LogP contribution in [-0.2, 0) is 9.53 Å². The van der Waals surface area contributed by atoms with Gasteiger partial charge >= 0.3 is 5.97 Å². The molecule has 0 spiro atoms. The Hall–Kier alpha value is -0.530. The van der Waals surface area contributed by atoms with Gasteiger partial charge in [0.1, 0.15) is 6.10 Å². The standard InChI is InChI=1S/C32H54O2/c1-21-23(34-22(2)33)10-11-24-29(21,6)13-12-25-30(24,7)17-19-32(9)26-20-27(3,4)14-15-28(26,5)16-18-31(25,32)8/h21,23-26H,10-20H2,1-9H3/t21-,23-,24?,25?,26+,28+,29+,30?,31+,32?/m0/s1. The molecule has 2 nitrogen and oxygen atoms in total. The summed E-state index contributed by atoms with van der Waals surface area (Å²) < 4.78 is 5.86. The number of fused-ring (bicyclic) bond motifs is 7. The average molecular weight is 471 g/mol. The van der Waals surface area contributed by atoms with E-state index < -0.39 is 0 Å². The van der Waals surface area contributed by atoms with E-state index in [4.69, 9.17) is 4.74 Å². The van der Waals surface area contributed by atoms with Gasteiger partial charge in [0.25, 0.3) is 0 Å². The third-order valence-electron chi connectivity index (χ3n) is 14.2. The number of carbonyl (C=O) groups excluding carboxylic acids is 1. The molecule has 0 aliphatic heterocycles. The summed E-state index contributed by atoms with van der Waals surface area (Å²) in [6, 6.07) is 0. The van der Waals surface area contributed by atoms with Gasteiger partial charge in [-0.25, -0.2) is 0 Å². The zero-order valence-electron chi connectivity index (χ0n) is 24.0. The van der Waals surface area contributed by atoms with Gasteiger partial charge in [-0.1, -0.05) is 55.4 Å². The van der Waals surface area contributed by atoms with Crippen LogP contribution in [-0.4, -0.2) is 12.1 Å². The van der Waals surface area contributed by atoms with Crippen LogP contribution in [0.5, 0.6) is 0 Å². The lowest BCUT2D eigenvalue weighted by Crippen LogP contribution is -2.68. The summed E-state index contributed by atoms with van der Waals surface area (Å²) in [6.07, 6.45) is 15.1. The average Bonchev–Trinajstić information content (AvgIpc) is 2.74. The van der Waals surface area contributed by atoms with Crippen LogP contribution in [0.15, 0.2) is 0 Å². The van der Waals surface area contributed by atoms with Crippen molar-refractivity contribution in [3.05, 3.63) is 0 Å². The molecule has 5 aliphatic rings. The first kappa shape index (κ1) is 25.1. The van der Waals surface area contributed by atoms with Crippen molar-refractivity contribution >= 4 is 5.97 Å². The quantitative estimate of drug-likeness (QED) is 0.358. The van der Waals surface area contributed by atoms with Gasteiger partial charge in [0, 0.05) is 6.92 Å². The highest BCUT2D eigenvalue weighted by atomic mass is 16.5. The third kappa shape index (κ3) is 3.21. The summed E-state index contributed by atoms with van der Waals surface area (Å²) >= 11 is 0. The van der Waals surface area contributed by atoms with Gasteiger partial charge in [0.2, 0.25) is 0 Å². The maximum Gasteiger partial charge on any atom is 0.302 e. The van der Waals surface area contributed by atoms with E-state index in [1.807, 2.05) is 0 Å². The third-order valence-corrected chi connectivity index (χ3v) is 14.2. The molecule has 5 fully saturated rings. The van der Waals surface area contributed by atoms with Gasteiger partial charge in [0.15, 0.2) is 0 Å². The number of carbonyl (C=O) groups is 1. The van der Waals surface area contributed by atoms with Crippen molar-refractivity contribution in [2.45, 2.75) is 139 Å². The molecule has 0 saturated heterocycles. The zero-order valence-corrected chi connectivity index (χ0v) is 24.0. The molecule has 10 atom stereocenters. The van der Waals surface area contributed by atoms with E-state index in [0.29, 0.717) is 38.4 Å². The fourth-order valence-electron chi connectivity index (χ4n) is 11.7. The highest BCUT2D eigenvalue weighted by molar-refractivity contribution is 5.66. The van der Waals surface area contributed by atoms with Crippen molar-refractivity contribution in [3.8, 4) is 0 Å². The predicted octanol–water partition coefficient (Wildman–Crippen LogP) is 8.82. The lowest BCUT2D eigenvalue weighted by atomic mass is 9.30. The number of esters is 1. The number of ether oxygens (including phenoxy) is 1. The molecule has 194 valence electrons. The maximum absolute atomic E-state index is 11.8. The molecule has 0 aromatic heterocycles. The highest BCUT2D eigenvalue weighted by Crippen LogP contribution is 2.78. The minimum atomic E-state index is -0.0968. The second-order valence-electron chi connectivity index (χ2n) is 16.1. The molecule has 5 rings (SSSR count). The Morgan fingerprint density at radius 2 is 1.29 bits per heavy atom. The summed E-state index contributed by atoms with van der Waals surface area (Å²) in [5.41, 5.74) is 2.70. The van der Waals surface area contributed by atoms with Gasteiger partial charge in [-0.15, -0.1) is 0 Å². The summed E-state index contributed by atoms with van der Waals surface area (Å²) in [7, 11) is 0. The molecule has 0 bridgehead atoms. The van der Waals surface area contributed by atoms with Crippen LogP contribution in [0, 0.1) is 56.2 Å². The second-order valence-corrected chi connectivity index (χ2v) is 16.1. The Kier molecular flexibility index (Phi) is 5.55. The maximum atomic E-state index is 11.8. The van der Waals surface area contributed by atoms with Crippen molar-refractivity contribution in [1.82, 2.24) is 0 Å². The van der Waals surface area contributed by atoms with E-state index in [1.54, 1.807) is 6.92 Å². The first-order valence-corrected chi connectivity index (χ1v) is 14.8. The molecule has 4 unspecified atom stereocenters. The first-order chi connectivity index (χ1) is 15.6. The lowest BCUT2D eigenvalue weighted by Gasteiger charge is -2.75. The fourth-order valence-corrected chi connectivity index (χ4v) is 11.7. The van der Waals surface area contributed by atoms with E-state index in [-0.39, 0.29) is 12.1 Å². The summed E-state index contributed by atoms with van der Waals surface area (Å²) in [5.74, 6) is 2.84. The molecule has 5 aliphatic carbocycles. The minimum absolute atomic E-state index is 0.0968. The molecular formula is C32H54O2. The van der Waals surface area contributed by atoms with Crippen molar-refractivity contribution in [1.29, 1.82) is 0 Å². The van der Waals surface area contributed by atoms with Crippen LogP contribution in [0.4, 0.5) is 0 Å². The molecular weight excluding hydrogens is 416 g/mol. The molecule has 5 saturated carbocycles. The molecule has 34 heavy (non-hydrogen) atoms. The zero-order chi connectivity index (χ0) is 24.9. The summed E-state index contributed by atoms with van der Waals surface area (Å²) in [6.45, 7) is 22.5. The Bertz CT molecular complexity index is 846. The van der Waals surface area contributed by atoms with Gasteiger partial charge < -0.3 is 4.74 Å². The molecule has 0 radical (unpaired) electrons. The topological polar surface area (TPSA) is 26.3 Å². The predicted molar refractivity (Wildman–Crippen MR) is 140 cm³/mol. The van der Waals surface area contributed by atoms with Gasteiger partial charge in [-0.05, 0) is 127 Å². The second kappa shape index (κ2) is 7.50. The largest absolute Gasteiger partial charge is 0.462 e. The van der Waals surface area contributed by atoms with Crippen LogP contribution in [0.25, 0.3) is 0 Å². The molecule has 0 N–H and O–H groups in total. The van der Waals surface area contributed by atoms with Crippen LogP contribution < -0.4 is 0 Å². The number of hydrogen-bond acceptors (Lipinski definition) is 2. The minimum Gasteiger partial charge on any atom is -0.462 e. The van der Waals surface area contributed by atoms with Gasteiger partial charge in [0.05, 0.1) is 0 Å². The van der Waals surface area contributed by atoms with Crippen molar-refractivity contribution in [3.63, 3.8) is 0 Å². The van der Waals surface area contributed by atoms with Crippen molar-refractivity contribution in [2.24, 2.45) is 56.2 Å². The van der Waals surface area contributed by atoms with E-state index in [2.05, 4.69) is 55.4 Å².